The number of amides is 2. The molecule has 1 aromatic heterocycles. The number of ether oxygens (including phenoxy) is 2. The van der Waals surface area contributed by atoms with Gasteiger partial charge < -0.3 is 24.8 Å². The van der Waals surface area contributed by atoms with E-state index in [9.17, 15) is 14.7 Å². The molecule has 2 N–H and O–H groups in total. The molecule has 2 aliphatic heterocycles. The smallest absolute Gasteiger partial charge is 0.251 e. The third-order valence-electron chi connectivity index (χ3n) is 5.99. The minimum absolute atomic E-state index is 0.203. The van der Waals surface area contributed by atoms with E-state index in [1.807, 2.05) is 24.3 Å². The van der Waals surface area contributed by atoms with Crippen molar-refractivity contribution in [1.29, 1.82) is 0 Å². The lowest BCUT2D eigenvalue weighted by Crippen LogP contribution is -2.47. The Hall–Kier alpha value is -2.69. The Kier molecular flexibility index (Phi) is 7.93. The molecule has 1 atom stereocenters. The second kappa shape index (κ2) is 10.9. The number of aromatic nitrogens is 2. The molecule has 0 bridgehead atoms. The van der Waals surface area contributed by atoms with E-state index < -0.39 is 11.6 Å². The Morgan fingerprint density at radius 2 is 2.06 bits per heavy atom. The molecule has 1 saturated heterocycles. The van der Waals surface area contributed by atoms with E-state index in [4.69, 9.17) is 9.47 Å². The van der Waals surface area contributed by atoms with Gasteiger partial charge in [-0.1, -0.05) is 12.1 Å². The Bertz CT molecular complexity index is 1090. The summed E-state index contributed by atoms with van der Waals surface area (Å²) in [7, 11) is 0. The fraction of sp³-hybridized carbons (Fsp3) is 0.480. The summed E-state index contributed by atoms with van der Waals surface area (Å²) in [5.41, 5.74) is -0.934. The third-order valence-corrected chi connectivity index (χ3v) is 6.64. The topological polar surface area (TPSA) is 106 Å². The molecule has 188 valence electrons. The van der Waals surface area contributed by atoms with E-state index >= 15 is 0 Å². The third kappa shape index (κ3) is 6.93. The highest BCUT2D eigenvalue weighted by molar-refractivity contribution is 9.10. The van der Waals surface area contributed by atoms with Crippen LogP contribution in [0.5, 0.6) is 5.75 Å². The number of hydrogen-bond acceptors (Lipinski definition) is 6. The van der Waals surface area contributed by atoms with Crippen molar-refractivity contribution >= 4 is 33.6 Å². The highest BCUT2D eigenvalue weighted by Gasteiger charge is 2.36. The number of carbonyl (C=O) groups excluding carboxylic acids is 2. The van der Waals surface area contributed by atoms with Crippen molar-refractivity contribution in [2.45, 2.75) is 51.3 Å². The molecule has 4 rings (SSSR count). The zero-order valence-corrected chi connectivity index (χ0v) is 21.5. The summed E-state index contributed by atoms with van der Waals surface area (Å²) >= 11 is 3.46. The quantitative estimate of drug-likeness (QED) is 0.499. The molecule has 0 spiro atoms. The average molecular weight is 547 g/mol. The lowest BCUT2D eigenvalue weighted by molar-refractivity contribution is -0.134. The van der Waals surface area contributed by atoms with Gasteiger partial charge in [0.25, 0.3) is 5.91 Å². The Balaban J connectivity index is 1.48. The zero-order valence-electron chi connectivity index (χ0n) is 19.9. The Morgan fingerprint density at radius 3 is 2.77 bits per heavy atom. The van der Waals surface area contributed by atoms with Crippen LogP contribution in [-0.4, -0.2) is 63.0 Å². The summed E-state index contributed by atoms with van der Waals surface area (Å²) < 4.78 is 13.8. The van der Waals surface area contributed by atoms with E-state index in [-0.39, 0.29) is 24.3 Å². The van der Waals surface area contributed by atoms with Gasteiger partial charge in [-0.05, 0) is 67.1 Å². The first-order chi connectivity index (χ1) is 16.7. The normalized spacial score (nSPS) is 17.9. The van der Waals surface area contributed by atoms with E-state index in [1.54, 1.807) is 35.7 Å². The number of nitrogens with zero attached hydrogens (tertiary/aromatic N) is 3. The van der Waals surface area contributed by atoms with Crippen LogP contribution in [-0.2, 0) is 20.9 Å². The second-order valence-electron chi connectivity index (χ2n) is 9.62. The van der Waals surface area contributed by atoms with Gasteiger partial charge in [-0.3, -0.25) is 14.3 Å². The maximum Gasteiger partial charge on any atom is 0.251 e. The molecule has 0 aliphatic carbocycles. The largest absolute Gasteiger partial charge is 0.458 e. The van der Waals surface area contributed by atoms with Gasteiger partial charge in [0.15, 0.2) is 5.82 Å². The van der Waals surface area contributed by atoms with Crippen molar-refractivity contribution < 1.29 is 24.2 Å². The van der Waals surface area contributed by atoms with Gasteiger partial charge in [0.2, 0.25) is 5.91 Å². The molecule has 1 unspecified atom stereocenters. The highest BCUT2D eigenvalue weighted by atomic mass is 79.9. The molecular weight excluding hydrogens is 516 g/mol. The van der Waals surface area contributed by atoms with Gasteiger partial charge >= 0.3 is 0 Å². The summed E-state index contributed by atoms with van der Waals surface area (Å²) in [5.74, 6) is 1.19. The number of carbonyl (C=O) groups is 2. The minimum Gasteiger partial charge on any atom is -0.458 e. The van der Waals surface area contributed by atoms with Crippen LogP contribution in [0.1, 0.15) is 33.1 Å². The first-order valence-electron chi connectivity index (χ1n) is 11.8. The van der Waals surface area contributed by atoms with Gasteiger partial charge in [0, 0.05) is 31.6 Å². The maximum atomic E-state index is 13.4. The van der Waals surface area contributed by atoms with Gasteiger partial charge in [0.1, 0.15) is 17.6 Å². The van der Waals surface area contributed by atoms with Crippen LogP contribution in [0.15, 0.2) is 52.8 Å². The number of anilines is 1. The number of rotatable bonds is 9. The standard InChI is InChI=1S/C25H31BrN4O5/c1-25(2,33)16-29-10-7-22(28-29)27-24(32)20(13-17-8-11-34-12-9-17)30-15-18(14-23(30)31)35-21-6-4-3-5-19(21)26/h3-7,10,14,17,20,33H,8-9,11-13,15-16H2,1-2H3,(H,27,28,32). The molecule has 35 heavy (non-hydrogen) atoms. The number of nitrogens with one attached hydrogen (secondary N) is 1. The van der Waals surface area contributed by atoms with Gasteiger partial charge in [-0.2, -0.15) is 5.10 Å². The molecule has 3 heterocycles. The average Bonchev–Trinajstić information content (AvgIpc) is 3.38. The van der Waals surface area contributed by atoms with Crippen LogP contribution in [0, 0.1) is 5.92 Å². The molecule has 1 fully saturated rings. The number of benzene rings is 1. The molecule has 2 aliphatic rings. The highest BCUT2D eigenvalue weighted by Crippen LogP contribution is 2.30. The van der Waals surface area contributed by atoms with Crippen molar-refractivity contribution in [2.75, 3.05) is 25.1 Å². The van der Waals surface area contributed by atoms with Crippen molar-refractivity contribution in [3.05, 3.63) is 52.8 Å². The van der Waals surface area contributed by atoms with Gasteiger partial charge in [-0.25, -0.2) is 0 Å². The van der Waals surface area contributed by atoms with E-state index in [2.05, 4.69) is 26.3 Å². The molecule has 10 heteroatoms. The molecule has 0 saturated carbocycles. The summed E-state index contributed by atoms with van der Waals surface area (Å²) in [4.78, 5) is 28.0. The molecule has 2 amide bonds. The Labute approximate surface area is 213 Å². The SMILES string of the molecule is CC(C)(O)Cn1ccc(NC(=O)C(CC2CCOCC2)N2CC(Oc3ccccc3Br)=CC2=O)n1. The van der Waals surface area contributed by atoms with Crippen LogP contribution in [0.3, 0.4) is 0 Å². The second-order valence-corrected chi connectivity index (χ2v) is 10.5. The number of para-hydroxylation sites is 1. The predicted octanol–water partition coefficient (Wildman–Crippen LogP) is 3.35. The van der Waals surface area contributed by atoms with Crippen molar-refractivity contribution in [2.24, 2.45) is 5.92 Å². The summed E-state index contributed by atoms with van der Waals surface area (Å²) in [6, 6.07) is 8.42. The lowest BCUT2D eigenvalue weighted by Gasteiger charge is -2.31. The molecule has 0 radical (unpaired) electrons. The zero-order chi connectivity index (χ0) is 25.0. The van der Waals surface area contributed by atoms with E-state index in [0.717, 1.165) is 17.3 Å². The number of hydrogen-bond donors (Lipinski definition) is 2. The predicted molar refractivity (Wildman–Crippen MR) is 134 cm³/mol. The molecule has 2 aromatic rings. The first-order valence-corrected chi connectivity index (χ1v) is 12.6. The molecular formula is C25H31BrN4O5. The Morgan fingerprint density at radius 1 is 1.31 bits per heavy atom. The molecule has 1 aromatic carbocycles. The van der Waals surface area contributed by atoms with E-state index in [1.165, 1.54) is 6.08 Å². The van der Waals surface area contributed by atoms with Crippen LogP contribution in [0.4, 0.5) is 5.82 Å². The van der Waals surface area contributed by atoms with Crippen LogP contribution >= 0.6 is 15.9 Å². The van der Waals surface area contributed by atoms with Crippen LogP contribution in [0.2, 0.25) is 0 Å². The van der Waals surface area contributed by atoms with Crippen molar-refractivity contribution in [1.82, 2.24) is 14.7 Å². The van der Waals surface area contributed by atoms with E-state index in [0.29, 0.717) is 43.5 Å². The fourth-order valence-corrected chi connectivity index (χ4v) is 4.67. The summed E-state index contributed by atoms with van der Waals surface area (Å²) in [6.07, 6.45) is 5.37. The molecule has 9 nitrogen and oxygen atoms in total. The lowest BCUT2D eigenvalue weighted by atomic mass is 9.91. The van der Waals surface area contributed by atoms with Crippen LogP contribution in [0.25, 0.3) is 0 Å². The number of aliphatic hydroxyl groups is 1. The summed E-state index contributed by atoms with van der Waals surface area (Å²) in [6.45, 7) is 5.19. The van der Waals surface area contributed by atoms with Gasteiger partial charge in [-0.15, -0.1) is 0 Å². The van der Waals surface area contributed by atoms with Crippen molar-refractivity contribution in [3.63, 3.8) is 0 Å². The fourth-order valence-electron chi connectivity index (χ4n) is 4.30. The minimum atomic E-state index is -0.934. The van der Waals surface area contributed by atoms with Gasteiger partial charge in [0.05, 0.1) is 23.2 Å². The maximum absolute atomic E-state index is 13.4. The summed E-state index contributed by atoms with van der Waals surface area (Å²) in [5, 5.41) is 17.2. The number of halogens is 1. The monoisotopic (exact) mass is 546 g/mol. The first kappa shape index (κ1) is 25.4. The van der Waals surface area contributed by atoms with Crippen LogP contribution < -0.4 is 10.1 Å². The van der Waals surface area contributed by atoms with Crippen molar-refractivity contribution in [3.8, 4) is 5.75 Å².